The first-order valence-corrected chi connectivity index (χ1v) is 23.1. The monoisotopic (exact) mass is 236 g/mol. The van der Waals surface area contributed by atoms with Crippen molar-refractivity contribution in [3.05, 3.63) is 0 Å². The Morgan fingerprint density at radius 2 is 2.00 bits per heavy atom. The minimum atomic E-state index is -0.979. The molecular formula is H8Cl2GeSi3. The van der Waals surface area contributed by atoms with Crippen LogP contribution in [0.2, 0.25) is 0 Å². The van der Waals surface area contributed by atoms with Gasteiger partial charge < -0.3 is 0 Å². The fourth-order valence-electron chi connectivity index (χ4n) is 0.218. The summed E-state index contributed by atoms with van der Waals surface area (Å²) in [5.41, 5.74) is 0. The summed E-state index contributed by atoms with van der Waals surface area (Å²) in [5.74, 6) is 0. The van der Waals surface area contributed by atoms with E-state index in [0.29, 0.717) is 7.56 Å². The van der Waals surface area contributed by atoms with Crippen LogP contribution in [0.4, 0.5) is 0 Å². The summed E-state index contributed by atoms with van der Waals surface area (Å²) in [7, 11) is 0.739. The van der Waals surface area contributed by atoms with Crippen LogP contribution in [0.25, 0.3) is 0 Å². The SMILES string of the molecule is Cl[SiH](Cl)[SiH2][SiH2][GeH3]. The van der Waals surface area contributed by atoms with Gasteiger partial charge in [0.15, 0.2) is 0 Å². The molecule has 0 amide bonds. The molecular weight excluding hydrogens is 228 g/mol. The molecule has 0 bridgehead atoms. The Morgan fingerprint density at radius 1 is 1.50 bits per heavy atom. The molecule has 0 aromatic heterocycles. The van der Waals surface area contributed by atoms with Crippen LogP contribution in [0.1, 0.15) is 0 Å². The van der Waals surface area contributed by atoms with Crippen LogP contribution in [0, 0.1) is 0 Å². The molecule has 0 rings (SSSR count). The second-order valence-corrected chi connectivity index (χ2v) is 41.7. The van der Waals surface area contributed by atoms with E-state index in [1.54, 1.807) is 0 Å². The summed E-state index contributed by atoms with van der Waals surface area (Å²) in [6.07, 6.45) is 0. The normalized spacial score (nSPS) is 14.5. The van der Waals surface area contributed by atoms with Gasteiger partial charge in [0.2, 0.25) is 0 Å². The fourth-order valence-corrected chi connectivity index (χ4v) is 91.8. The zero-order chi connectivity index (χ0) is 4.99. The Bertz CT molecular complexity index is 30.0. The van der Waals surface area contributed by atoms with E-state index in [0.717, 1.165) is 15.9 Å². The van der Waals surface area contributed by atoms with Gasteiger partial charge in [-0.15, -0.1) is 0 Å². The van der Waals surface area contributed by atoms with Gasteiger partial charge in [-0.2, -0.15) is 0 Å². The molecule has 6 heavy (non-hydrogen) atoms. The van der Waals surface area contributed by atoms with Crippen molar-refractivity contribution in [1.29, 1.82) is 0 Å². The molecule has 0 unspecified atom stereocenters. The third-order valence-electron chi connectivity index (χ3n) is 0.507. The van der Waals surface area contributed by atoms with Crippen LogP contribution in [-0.4, -0.2) is 38.9 Å². The Kier molecular flexibility index (Phi) is 6.38. The van der Waals surface area contributed by atoms with E-state index in [1.807, 2.05) is 0 Å². The van der Waals surface area contributed by atoms with Gasteiger partial charge in [-0.25, -0.2) is 0 Å². The van der Waals surface area contributed by atoms with E-state index < -0.39 is 6.93 Å². The van der Waals surface area contributed by atoms with E-state index in [-0.39, 0.29) is 8.55 Å². The van der Waals surface area contributed by atoms with Crippen molar-refractivity contribution >= 4 is 61.1 Å². The maximum atomic E-state index is 5.61. The Hall–Kier alpha value is 1.77. The number of hydrogen-bond acceptors (Lipinski definition) is 0. The van der Waals surface area contributed by atoms with Crippen molar-refractivity contribution in [3.63, 3.8) is 0 Å². The van der Waals surface area contributed by atoms with Gasteiger partial charge in [0.1, 0.15) is 0 Å². The van der Waals surface area contributed by atoms with Gasteiger partial charge >= 0.3 is 61.1 Å². The van der Waals surface area contributed by atoms with E-state index in [1.165, 1.54) is 0 Å². The second-order valence-electron chi connectivity index (χ2n) is 1.18. The number of halogens is 2. The topological polar surface area (TPSA) is 0 Å². The quantitative estimate of drug-likeness (QED) is 0.374. The third-order valence-corrected chi connectivity index (χ3v) is 58.2. The minimum absolute atomic E-state index is 0.248. The molecule has 0 nitrogen and oxygen atoms in total. The number of rotatable bonds is 2. The molecule has 0 N–H and O–H groups in total. The summed E-state index contributed by atoms with van der Waals surface area (Å²) in [6.45, 7) is -0.979. The van der Waals surface area contributed by atoms with Crippen LogP contribution in [0.3, 0.4) is 0 Å². The van der Waals surface area contributed by atoms with E-state index in [9.17, 15) is 0 Å². The Labute approximate surface area is 60.9 Å². The molecule has 0 atom stereocenters. The second kappa shape index (κ2) is 4.92. The average molecular weight is 236 g/mol. The zero-order valence-electron chi connectivity index (χ0n) is 3.75. The van der Waals surface area contributed by atoms with Crippen molar-refractivity contribution in [2.75, 3.05) is 0 Å². The van der Waals surface area contributed by atoms with Gasteiger partial charge in [0, 0.05) is 0 Å². The van der Waals surface area contributed by atoms with Gasteiger partial charge in [-0.1, -0.05) is 0 Å². The Morgan fingerprint density at radius 3 is 2.00 bits per heavy atom. The van der Waals surface area contributed by atoms with Gasteiger partial charge in [0.05, 0.1) is 0 Å². The van der Waals surface area contributed by atoms with Crippen LogP contribution >= 0.6 is 22.2 Å². The van der Waals surface area contributed by atoms with E-state index in [4.69, 9.17) is 22.2 Å². The first-order valence-electron chi connectivity index (χ1n) is 2.05. The van der Waals surface area contributed by atoms with Gasteiger partial charge in [0.25, 0.3) is 0 Å². The Balaban J connectivity index is 2.63. The molecule has 38 valence electrons. The molecule has 0 spiro atoms. The van der Waals surface area contributed by atoms with Crippen molar-refractivity contribution in [2.45, 2.75) is 0 Å². The standard InChI is InChI=1S/Cl2GeH8Si3/c1-6(2)5-4-3/h6H,4-5H2,3H3. The first-order chi connectivity index (χ1) is 2.77. The van der Waals surface area contributed by atoms with Crippen LogP contribution in [-0.2, 0) is 0 Å². The van der Waals surface area contributed by atoms with E-state index in [2.05, 4.69) is 0 Å². The predicted octanol–water partition coefficient (Wildman–Crippen LogP) is -2.29. The molecule has 6 heteroatoms. The molecule has 0 aliphatic heterocycles. The summed E-state index contributed by atoms with van der Waals surface area (Å²) in [5, 5.41) is 0. The van der Waals surface area contributed by atoms with Gasteiger partial charge in [-0.3, -0.25) is 0 Å². The van der Waals surface area contributed by atoms with Crippen molar-refractivity contribution in [1.82, 2.24) is 0 Å². The molecule has 0 fully saturated rings. The molecule has 0 aromatic carbocycles. The molecule has 0 saturated carbocycles. The van der Waals surface area contributed by atoms with Gasteiger partial charge in [-0.05, 0) is 0 Å². The molecule has 0 aliphatic carbocycles. The van der Waals surface area contributed by atoms with Crippen molar-refractivity contribution in [3.8, 4) is 0 Å². The zero-order valence-corrected chi connectivity index (χ0v) is 13.4. The molecule has 0 aliphatic rings. The molecule has 0 radical (unpaired) electrons. The molecule has 0 saturated heterocycles. The summed E-state index contributed by atoms with van der Waals surface area (Å²) in [4.78, 5) is 0. The van der Waals surface area contributed by atoms with Crippen molar-refractivity contribution in [2.24, 2.45) is 0 Å². The van der Waals surface area contributed by atoms with Crippen LogP contribution in [0.5, 0.6) is 0 Å². The first kappa shape index (κ1) is 7.77. The molecule has 0 aromatic rings. The number of hydrogen-bond donors (Lipinski definition) is 0. The fraction of sp³-hybridized carbons (Fsp3) is 0. The van der Waals surface area contributed by atoms with Crippen LogP contribution in [0.15, 0.2) is 0 Å². The van der Waals surface area contributed by atoms with E-state index >= 15 is 0 Å². The summed E-state index contributed by atoms with van der Waals surface area (Å²) in [6, 6.07) is 0. The average Bonchev–Trinajstić information content (AvgIpc) is 1.35. The maximum absolute atomic E-state index is 5.61. The van der Waals surface area contributed by atoms with Crippen LogP contribution < -0.4 is 0 Å². The van der Waals surface area contributed by atoms with Crippen molar-refractivity contribution < 1.29 is 0 Å². The molecule has 0 heterocycles. The summed E-state index contributed by atoms with van der Waals surface area (Å²) < 4.78 is 0. The summed E-state index contributed by atoms with van der Waals surface area (Å²) >= 11 is 12.4. The predicted molar refractivity (Wildman–Crippen MR) is 45.9 cm³/mol. The third kappa shape index (κ3) is 5.77.